The molecule has 0 radical (unpaired) electrons. The minimum atomic E-state index is -3.74. The SMILES string of the molecule is CCCCCCCCCCCCS(=O)(=O)Nc1ccc(Cl)c(NC(=O)C(c2nc3ccc(Cl)cc3c(=O)n2OC(C)C)n2[nH]c(=O)c3ccccc3c2=O)c1. The molecule has 5 aromatic rings. The highest BCUT2D eigenvalue weighted by Crippen LogP contribution is 2.29. The number of hydrogen-bond acceptors (Lipinski definition) is 8. The summed E-state index contributed by atoms with van der Waals surface area (Å²) in [6, 6.07) is 12.8. The summed E-state index contributed by atoms with van der Waals surface area (Å²) >= 11 is 12.7. The van der Waals surface area contributed by atoms with Gasteiger partial charge in [-0.25, -0.2) is 18.1 Å². The Labute approximate surface area is 329 Å². The number of anilines is 2. The van der Waals surface area contributed by atoms with Gasteiger partial charge in [-0.3, -0.25) is 29.0 Å². The first kappa shape index (κ1) is 41.5. The molecule has 1 atom stereocenters. The lowest BCUT2D eigenvalue weighted by Gasteiger charge is -2.24. The minimum Gasteiger partial charge on any atom is -0.406 e. The number of nitrogens with one attached hydrogen (secondary N) is 3. The van der Waals surface area contributed by atoms with E-state index in [1.807, 2.05) is 0 Å². The smallest absolute Gasteiger partial charge is 0.294 e. The van der Waals surface area contributed by atoms with Crippen molar-refractivity contribution in [2.45, 2.75) is 97.1 Å². The van der Waals surface area contributed by atoms with Crippen LogP contribution in [0.4, 0.5) is 11.4 Å². The van der Waals surface area contributed by atoms with Crippen LogP contribution in [0.15, 0.2) is 75.0 Å². The molecule has 2 aromatic heterocycles. The second-order valence-electron chi connectivity index (χ2n) is 13.7. The summed E-state index contributed by atoms with van der Waals surface area (Å²) in [6.07, 6.45) is 10.0. The Hall–Kier alpha value is -4.66. The van der Waals surface area contributed by atoms with Crippen LogP contribution in [0.2, 0.25) is 10.0 Å². The maximum absolute atomic E-state index is 14.5. The number of carbonyl (C=O) groups excluding carboxylic acids is 1. The van der Waals surface area contributed by atoms with Crippen molar-refractivity contribution in [3.05, 3.63) is 108 Å². The van der Waals surface area contributed by atoms with Crippen LogP contribution in [0.25, 0.3) is 21.7 Å². The number of H-pyrrole nitrogens is 1. The number of halogens is 2. The van der Waals surface area contributed by atoms with Crippen LogP contribution in [-0.4, -0.2) is 45.7 Å². The summed E-state index contributed by atoms with van der Waals surface area (Å²) in [7, 11) is -3.74. The zero-order valence-electron chi connectivity index (χ0n) is 31.1. The zero-order valence-corrected chi connectivity index (χ0v) is 33.4. The van der Waals surface area contributed by atoms with Gasteiger partial charge in [-0.1, -0.05) is 100 Å². The Morgan fingerprint density at radius 2 is 1.49 bits per heavy atom. The van der Waals surface area contributed by atoms with E-state index in [1.54, 1.807) is 26.0 Å². The van der Waals surface area contributed by atoms with Gasteiger partial charge in [0, 0.05) is 5.02 Å². The molecule has 3 aromatic carbocycles. The Morgan fingerprint density at radius 1 is 0.836 bits per heavy atom. The largest absolute Gasteiger partial charge is 0.406 e. The maximum Gasteiger partial charge on any atom is 0.294 e. The number of hydrogen-bond donors (Lipinski definition) is 3. The summed E-state index contributed by atoms with van der Waals surface area (Å²) in [5.74, 6) is -1.38. The third-order valence-corrected chi connectivity index (χ3v) is 10.9. The molecule has 294 valence electrons. The van der Waals surface area contributed by atoms with E-state index in [0.29, 0.717) is 6.42 Å². The highest BCUT2D eigenvalue weighted by molar-refractivity contribution is 7.92. The molecular formula is C39H46Cl2N6O7S. The number of aromatic nitrogens is 4. The van der Waals surface area contributed by atoms with Gasteiger partial charge in [0.2, 0.25) is 10.0 Å². The zero-order chi connectivity index (χ0) is 39.7. The Bertz CT molecular complexity index is 2450. The molecule has 3 N–H and O–H groups in total. The van der Waals surface area contributed by atoms with Crippen LogP contribution in [0.5, 0.6) is 0 Å². The number of nitrogens with zero attached hydrogens (tertiary/aromatic N) is 3. The van der Waals surface area contributed by atoms with Crippen LogP contribution >= 0.6 is 23.2 Å². The minimum absolute atomic E-state index is 0.00661. The van der Waals surface area contributed by atoms with Gasteiger partial charge in [-0.2, -0.15) is 0 Å². The van der Waals surface area contributed by atoms with Crippen molar-refractivity contribution in [2.75, 3.05) is 15.8 Å². The fraction of sp³-hybridized carbons (Fsp3) is 0.410. The van der Waals surface area contributed by atoms with Crippen molar-refractivity contribution in [3.63, 3.8) is 0 Å². The van der Waals surface area contributed by atoms with Crippen molar-refractivity contribution in [3.8, 4) is 0 Å². The predicted molar refractivity (Wildman–Crippen MR) is 219 cm³/mol. The monoisotopic (exact) mass is 812 g/mol. The Kier molecular flexibility index (Phi) is 14.2. The van der Waals surface area contributed by atoms with Crippen LogP contribution in [0.3, 0.4) is 0 Å². The quantitative estimate of drug-likeness (QED) is 0.0722. The Balaban J connectivity index is 1.46. The molecule has 0 saturated carbocycles. The standard InChI is InChI=1S/C39H46Cl2N6O7S/c1-4-5-6-7-8-9-10-11-12-15-22-55(52,53)45-27-19-20-31(41)33(24-27)43-37(49)34(46-38(50)29-17-14-13-16-28(29)36(48)44-46)35-42-32-21-18-26(40)23-30(32)39(51)47(35)54-25(2)3/h13-14,16-21,23-25,34,45H,4-12,15,22H2,1-3H3,(H,43,49)(H,44,48). The number of carbonyl (C=O) groups is 1. The van der Waals surface area contributed by atoms with E-state index < -0.39 is 44.8 Å². The normalized spacial score (nSPS) is 12.3. The second kappa shape index (κ2) is 18.8. The molecule has 0 bridgehead atoms. The third-order valence-electron chi connectivity index (χ3n) is 8.99. The van der Waals surface area contributed by atoms with Gasteiger partial charge in [0.15, 0.2) is 11.9 Å². The molecular weight excluding hydrogens is 767 g/mol. The number of rotatable bonds is 19. The van der Waals surface area contributed by atoms with E-state index in [4.69, 9.17) is 28.0 Å². The Morgan fingerprint density at radius 3 is 2.16 bits per heavy atom. The lowest BCUT2D eigenvalue weighted by atomic mass is 10.1. The van der Waals surface area contributed by atoms with Crippen molar-refractivity contribution in [1.29, 1.82) is 0 Å². The van der Waals surface area contributed by atoms with Gasteiger partial charge in [-0.05, 0) is 68.8 Å². The van der Waals surface area contributed by atoms with Crippen LogP contribution < -0.4 is 31.6 Å². The van der Waals surface area contributed by atoms with Crippen molar-refractivity contribution in [2.24, 2.45) is 0 Å². The first-order chi connectivity index (χ1) is 26.3. The first-order valence-electron chi connectivity index (χ1n) is 18.5. The number of unbranched alkanes of at least 4 members (excludes halogenated alkanes) is 9. The molecule has 0 aliphatic heterocycles. The van der Waals surface area contributed by atoms with Gasteiger partial charge < -0.3 is 10.2 Å². The number of benzene rings is 3. The van der Waals surface area contributed by atoms with Crippen LogP contribution in [0.1, 0.15) is 96.8 Å². The topological polar surface area (TPSA) is 174 Å². The van der Waals surface area contributed by atoms with Gasteiger partial charge in [0.1, 0.15) is 6.10 Å². The summed E-state index contributed by atoms with van der Waals surface area (Å²) in [6.45, 7) is 5.50. The fourth-order valence-electron chi connectivity index (χ4n) is 6.29. The van der Waals surface area contributed by atoms with Gasteiger partial charge in [0.25, 0.3) is 22.6 Å². The van der Waals surface area contributed by atoms with Crippen LogP contribution in [-0.2, 0) is 14.8 Å². The highest BCUT2D eigenvalue weighted by Gasteiger charge is 2.33. The predicted octanol–water partition coefficient (Wildman–Crippen LogP) is 7.43. The van der Waals surface area contributed by atoms with E-state index in [1.165, 1.54) is 80.6 Å². The number of aromatic amines is 1. The summed E-state index contributed by atoms with van der Waals surface area (Å²) < 4.78 is 30.2. The molecule has 0 aliphatic rings. The van der Waals surface area contributed by atoms with E-state index in [0.717, 1.165) is 35.1 Å². The average Bonchev–Trinajstić information content (AvgIpc) is 3.14. The molecule has 16 heteroatoms. The van der Waals surface area contributed by atoms with E-state index in [2.05, 4.69) is 27.0 Å². The summed E-state index contributed by atoms with van der Waals surface area (Å²) in [5, 5.41) is 5.60. The number of sulfonamides is 1. The molecule has 13 nitrogen and oxygen atoms in total. The lowest BCUT2D eigenvalue weighted by molar-refractivity contribution is -0.119. The van der Waals surface area contributed by atoms with Crippen molar-refractivity contribution >= 4 is 72.2 Å². The first-order valence-corrected chi connectivity index (χ1v) is 20.9. The molecule has 1 amide bonds. The average molecular weight is 814 g/mol. The van der Waals surface area contributed by atoms with Gasteiger partial charge in [-0.15, -0.1) is 4.73 Å². The van der Waals surface area contributed by atoms with E-state index in [-0.39, 0.29) is 54.7 Å². The number of fused-ring (bicyclic) bond motifs is 2. The van der Waals surface area contributed by atoms with Crippen molar-refractivity contribution < 1.29 is 18.0 Å². The molecule has 0 spiro atoms. The van der Waals surface area contributed by atoms with Gasteiger partial charge in [0.05, 0.1) is 43.8 Å². The lowest BCUT2D eigenvalue weighted by Crippen LogP contribution is -2.44. The maximum atomic E-state index is 14.5. The molecule has 0 saturated heterocycles. The number of amides is 1. The van der Waals surface area contributed by atoms with Crippen LogP contribution in [0, 0.1) is 0 Å². The van der Waals surface area contributed by atoms with Crippen molar-refractivity contribution in [1.82, 2.24) is 19.5 Å². The molecule has 55 heavy (non-hydrogen) atoms. The second-order valence-corrected chi connectivity index (χ2v) is 16.4. The molecule has 2 heterocycles. The summed E-state index contributed by atoms with van der Waals surface area (Å²) in [4.78, 5) is 66.1. The van der Waals surface area contributed by atoms with E-state index >= 15 is 0 Å². The van der Waals surface area contributed by atoms with Gasteiger partial charge >= 0.3 is 0 Å². The van der Waals surface area contributed by atoms with E-state index in [9.17, 15) is 27.6 Å². The molecule has 1 unspecified atom stereocenters. The third kappa shape index (κ3) is 10.6. The summed E-state index contributed by atoms with van der Waals surface area (Å²) in [5.41, 5.74) is -1.91. The fourth-order valence-corrected chi connectivity index (χ4v) is 7.80. The molecule has 0 fully saturated rings. The molecule has 5 rings (SSSR count). The molecule has 0 aliphatic carbocycles. The highest BCUT2D eigenvalue weighted by atomic mass is 35.5.